The molecule has 13 heteroatoms. The molecule has 12 aromatic rings. The van der Waals surface area contributed by atoms with Crippen molar-refractivity contribution >= 4 is 64.3 Å². The molecule has 6 aliphatic rings. The topological polar surface area (TPSA) is 73.8 Å². The molecule has 4 fully saturated rings. The highest BCUT2D eigenvalue weighted by molar-refractivity contribution is 9.10. The minimum atomic E-state index is -0.590. The van der Waals surface area contributed by atoms with Crippen LogP contribution in [0.4, 0.5) is 0 Å². The van der Waals surface area contributed by atoms with E-state index in [9.17, 15) is 0 Å². The molecule has 148 heavy (non-hydrogen) atoms. The van der Waals surface area contributed by atoms with Gasteiger partial charge >= 0.3 is 21.6 Å². The van der Waals surface area contributed by atoms with Gasteiger partial charge in [-0.15, -0.1) is 0 Å². The number of rotatable bonds is 32. The highest BCUT2D eigenvalue weighted by atomic mass is 79.9. The lowest BCUT2D eigenvalue weighted by Gasteiger charge is -2.35. The van der Waals surface area contributed by atoms with Crippen LogP contribution in [0.3, 0.4) is 0 Å². The van der Waals surface area contributed by atoms with Crippen LogP contribution in [0.25, 0.3) is 66.8 Å². The minimum absolute atomic E-state index is 0.120. The average molecular weight is 2120 g/mol. The fraction of sp³-hybridized carbons (Fsp3) is 0.467. The van der Waals surface area contributed by atoms with Gasteiger partial charge in [0.1, 0.15) is 0 Å². The second kappa shape index (κ2) is 50.6. The Balaban J connectivity index is 0.000000209. The monoisotopic (exact) mass is 2120 g/mol. The maximum Gasteiger partial charge on any atom is 0.640 e. The molecular formula is C135H175B3Br2O8. The first-order valence-corrected chi connectivity index (χ1v) is 58.2. The van der Waals surface area contributed by atoms with E-state index in [2.05, 4.69) is 389 Å². The van der Waals surface area contributed by atoms with E-state index in [1.54, 1.807) is 0 Å². The van der Waals surface area contributed by atoms with Gasteiger partial charge in [0, 0.05) is 28.3 Å². The molecular weight excluding hydrogens is 1940 g/mol. The zero-order valence-electron chi connectivity index (χ0n) is 96.1. The van der Waals surface area contributed by atoms with E-state index in [-0.39, 0.29) is 17.3 Å². The quantitative estimate of drug-likeness (QED) is 0.0305. The summed E-state index contributed by atoms with van der Waals surface area (Å²) in [5.41, 5.74) is 40.6. The molecule has 0 amide bonds. The van der Waals surface area contributed by atoms with Crippen molar-refractivity contribution in [3.8, 4) is 66.8 Å². The van der Waals surface area contributed by atoms with E-state index in [4.69, 9.17) is 37.3 Å². The Morgan fingerprint density at radius 1 is 0.277 bits per heavy atom. The van der Waals surface area contributed by atoms with Gasteiger partial charge in [-0.05, 0) is 454 Å². The van der Waals surface area contributed by atoms with E-state index in [0.717, 1.165) is 58.8 Å². The highest BCUT2D eigenvalue weighted by Crippen LogP contribution is 2.61. The second-order valence-corrected chi connectivity index (χ2v) is 47.5. The molecule has 8 nitrogen and oxygen atoms in total. The first-order chi connectivity index (χ1) is 70.6. The van der Waals surface area contributed by atoms with Crippen molar-refractivity contribution < 1.29 is 37.3 Å². The van der Waals surface area contributed by atoms with Crippen LogP contribution in [-0.4, -0.2) is 74.5 Å². The number of benzene rings is 12. The molecule has 786 valence electrons. The van der Waals surface area contributed by atoms with Crippen LogP contribution >= 0.6 is 31.9 Å². The van der Waals surface area contributed by atoms with E-state index in [1.807, 2.05) is 69.2 Å². The summed E-state index contributed by atoms with van der Waals surface area (Å²) in [7, 11) is -1.36. The van der Waals surface area contributed by atoms with Gasteiger partial charge in [0.15, 0.2) is 0 Å². The lowest BCUT2D eigenvalue weighted by molar-refractivity contribution is 0.00578. The SMILES string of the molecule is C1CCOC1.CC.CC.CC(C)OB1OC(C)(C)C(C)(C)O1.CCCCCCc1ccc(C2(c3ccc(CCCCCC)cc3)c3cc(-c4c(C)cc(B5OC(C)(C)C(C)(C)O5)cc4C)ccc3-c3ccc(-c4c(C)cc(B5OC(C)(C)C(C)(C)O5)cc4C)cc32)cc1.CCCCCCc1ccc(C2(c3ccc(CCCCCC)cc3)c3cc(-c4c(C)cc(Br)cc4C)ccc3-c3ccc(-c4c(C)cc(Br)cc4C)cc32)cc1. The van der Waals surface area contributed by atoms with Crippen molar-refractivity contribution in [1.82, 2.24) is 0 Å². The van der Waals surface area contributed by atoms with Crippen molar-refractivity contribution in [2.24, 2.45) is 0 Å². The summed E-state index contributed by atoms with van der Waals surface area (Å²) in [5, 5.41) is 0. The Bertz CT molecular complexity index is 5950. The third-order valence-corrected chi connectivity index (χ3v) is 33.8. The average Bonchev–Trinajstić information content (AvgIpc) is 1.53. The highest BCUT2D eigenvalue weighted by Gasteiger charge is 2.56. The van der Waals surface area contributed by atoms with Crippen molar-refractivity contribution in [3.05, 3.63) is 339 Å². The van der Waals surface area contributed by atoms with Crippen LogP contribution in [-0.2, 0) is 73.8 Å². The number of unbranched alkanes of at least 4 members (excludes halogenated alkanes) is 12. The van der Waals surface area contributed by atoms with Gasteiger partial charge in [-0.25, -0.2) is 0 Å². The Labute approximate surface area is 912 Å². The molecule has 4 heterocycles. The Kier molecular flexibility index (Phi) is 39.8. The summed E-state index contributed by atoms with van der Waals surface area (Å²) in [4.78, 5) is 0. The van der Waals surface area contributed by atoms with Crippen molar-refractivity contribution in [2.45, 2.75) is 400 Å². The molecule has 2 aliphatic carbocycles. The predicted molar refractivity (Wildman–Crippen MR) is 640 cm³/mol. The van der Waals surface area contributed by atoms with E-state index in [0.29, 0.717) is 0 Å². The van der Waals surface area contributed by atoms with Crippen LogP contribution in [0.1, 0.15) is 379 Å². The summed E-state index contributed by atoms with van der Waals surface area (Å²) >= 11 is 7.53. The third-order valence-electron chi connectivity index (χ3n) is 32.9. The number of hydrogen-bond acceptors (Lipinski definition) is 8. The summed E-state index contributed by atoms with van der Waals surface area (Å²) in [6, 6.07) is 86.4. The first kappa shape index (κ1) is 117. The minimum Gasteiger partial charge on any atom is -0.399 e. The number of aryl methyl sites for hydroxylation is 12. The molecule has 4 aliphatic heterocycles. The molecule has 0 spiro atoms. The van der Waals surface area contributed by atoms with Crippen molar-refractivity contribution in [3.63, 3.8) is 0 Å². The van der Waals surface area contributed by atoms with Crippen LogP contribution in [0.5, 0.6) is 0 Å². The fourth-order valence-corrected chi connectivity index (χ4v) is 24.4. The standard InChI is InChI=1S/C65H80B2O4.C53H56Br2.C9H19BO3.C4H8O.2C2H6/c1-15-17-19-21-23-47-25-31-51(32-26-47)65(52-33-27-48(28-34-52)24-22-20-18-16-2)57-41-49(59-43(3)37-53(38-44(59)4)66-68-61(7,8)62(9,10)69-66)29-35-55(57)56-36-30-50(42-58(56)65)60-45(5)39-54(40-46(60)6)67-70-63(11,12)64(13,14)71-67;1-7-9-11-13-15-39-17-23-43(24-18-39)53(44-25-19-40(20-26-44)16-14-12-10-8-2)49-33-41(51-35(3)29-45(54)30-36(51)4)21-27-47(49)48-28-22-42(34-50(48)53)52-37(5)31-46(55)32-38(52)6;1-7(2)11-10-12-8(3,4)9(5,6)13-10;1-2-4-5-3-1;2*1-2/h25-42H,15-24H2,1-14H3;17-34H,7-16H2,1-6H3;7H,1-6H3;1-4H2;2*1-2H3. The smallest absolute Gasteiger partial charge is 0.399 e. The maximum atomic E-state index is 6.58. The summed E-state index contributed by atoms with van der Waals surface area (Å²) < 4.78 is 50.2. The van der Waals surface area contributed by atoms with Crippen molar-refractivity contribution in [1.29, 1.82) is 0 Å². The van der Waals surface area contributed by atoms with Gasteiger partial charge in [-0.2, -0.15) is 0 Å². The molecule has 0 atom stereocenters. The molecule has 0 radical (unpaired) electrons. The third kappa shape index (κ3) is 25.4. The number of hydrogen-bond donors (Lipinski definition) is 0. The molecule has 0 aromatic heterocycles. The lowest BCUT2D eigenvalue weighted by atomic mass is 9.66. The summed E-state index contributed by atoms with van der Waals surface area (Å²) in [6.45, 7) is 66.1. The Morgan fingerprint density at radius 2 is 0.493 bits per heavy atom. The number of ether oxygens (including phenoxy) is 1. The number of halogens is 2. The fourth-order valence-electron chi connectivity index (χ4n) is 23.0. The van der Waals surface area contributed by atoms with Crippen LogP contribution < -0.4 is 10.9 Å². The van der Waals surface area contributed by atoms with Gasteiger partial charge in [-0.3, -0.25) is 0 Å². The summed E-state index contributed by atoms with van der Waals surface area (Å²) in [5.74, 6) is 0. The van der Waals surface area contributed by atoms with E-state index in [1.165, 1.54) is 294 Å². The van der Waals surface area contributed by atoms with Gasteiger partial charge in [0.25, 0.3) is 0 Å². The molecule has 18 rings (SSSR count). The van der Waals surface area contributed by atoms with Crippen molar-refractivity contribution in [2.75, 3.05) is 13.2 Å². The number of fused-ring (bicyclic) bond motifs is 6. The molecule has 12 aromatic carbocycles. The van der Waals surface area contributed by atoms with Gasteiger partial charge in [0.2, 0.25) is 0 Å². The molecule has 0 bridgehead atoms. The zero-order chi connectivity index (χ0) is 107. The second-order valence-electron chi connectivity index (χ2n) is 45.7. The van der Waals surface area contributed by atoms with Gasteiger partial charge in [0.05, 0.1) is 44.4 Å². The first-order valence-electron chi connectivity index (χ1n) is 56.6. The molecule has 0 unspecified atom stereocenters. The largest absolute Gasteiger partial charge is 0.640 e. The lowest BCUT2D eigenvalue weighted by Crippen LogP contribution is -2.41. The van der Waals surface area contributed by atoms with Crippen LogP contribution in [0, 0.1) is 55.4 Å². The predicted octanol–water partition coefficient (Wildman–Crippen LogP) is 36.7. The normalized spacial score (nSPS) is 16.6. The Morgan fingerprint density at radius 3 is 0.696 bits per heavy atom. The van der Waals surface area contributed by atoms with Gasteiger partial charge in [-0.1, -0.05) is 334 Å². The van der Waals surface area contributed by atoms with Crippen LogP contribution in [0.2, 0.25) is 0 Å². The molecule has 4 saturated heterocycles. The summed E-state index contributed by atoms with van der Waals surface area (Å²) in [6.07, 6.45) is 27.4. The Hall–Kier alpha value is -8.53. The van der Waals surface area contributed by atoms with E-state index >= 15 is 0 Å². The molecule has 0 N–H and O–H groups in total. The van der Waals surface area contributed by atoms with Gasteiger partial charge < -0.3 is 37.3 Å². The molecule has 0 saturated carbocycles. The maximum absolute atomic E-state index is 6.58. The zero-order valence-corrected chi connectivity index (χ0v) is 99.3. The van der Waals surface area contributed by atoms with E-state index < -0.39 is 54.8 Å². The van der Waals surface area contributed by atoms with Crippen LogP contribution in [0.15, 0.2) is 227 Å².